The van der Waals surface area contributed by atoms with Crippen molar-refractivity contribution in [1.82, 2.24) is 5.32 Å². The Labute approximate surface area is 141 Å². The zero-order valence-corrected chi connectivity index (χ0v) is 15.9. The lowest BCUT2D eigenvalue weighted by molar-refractivity contribution is 0.494. The molecule has 1 unspecified atom stereocenters. The van der Waals surface area contributed by atoms with Crippen LogP contribution in [0.5, 0.6) is 0 Å². The Balaban J connectivity index is 2.32. The van der Waals surface area contributed by atoms with Gasteiger partial charge in [-0.15, -0.1) is 0 Å². The fraction of sp³-hybridized carbons (Fsp3) is 0.647. The molecule has 0 aliphatic heterocycles. The van der Waals surface area contributed by atoms with E-state index >= 15 is 0 Å². The molecule has 1 atom stereocenters. The molecule has 0 bridgehead atoms. The van der Waals surface area contributed by atoms with E-state index in [1.54, 1.807) is 0 Å². The maximum atomic E-state index is 3.67. The lowest BCUT2D eigenvalue weighted by atomic mass is 9.99. The fourth-order valence-corrected chi connectivity index (χ4v) is 3.87. The minimum absolute atomic E-state index is 0.452. The number of nitrogens with one attached hydrogen (secondary N) is 1. The highest BCUT2D eigenvalue weighted by Crippen LogP contribution is 2.29. The first-order valence-corrected chi connectivity index (χ1v) is 9.39. The van der Waals surface area contributed by atoms with Gasteiger partial charge in [-0.25, -0.2) is 0 Å². The van der Waals surface area contributed by atoms with E-state index in [-0.39, 0.29) is 0 Å². The predicted molar refractivity (Wildman–Crippen MR) is 96.3 cm³/mol. The highest BCUT2D eigenvalue weighted by Gasteiger charge is 2.12. The van der Waals surface area contributed by atoms with Crippen LogP contribution in [0.3, 0.4) is 0 Å². The maximum Gasteiger partial charge on any atom is 0.0328 e. The van der Waals surface area contributed by atoms with Crippen LogP contribution in [0.1, 0.15) is 69.9 Å². The number of hydrogen-bond donors (Lipinski definition) is 1. The highest BCUT2D eigenvalue weighted by atomic mass is 79.9. The van der Waals surface area contributed by atoms with Crippen molar-refractivity contribution >= 4 is 31.9 Å². The van der Waals surface area contributed by atoms with Crippen LogP contribution in [0.2, 0.25) is 0 Å². The van der Waals surface area contributed by atoms with Crippen molar-refractivity contribution in [3.8, 4) is 0 Å². The maximum absolute atomic E-state index is 3.67. The molecule has 0 aliphatic rings. The Morgan fingerprint density at radius 1 is 1.00 bits per heavy atom. The smallest absolute Gasteiger partial charge is 0.0328 e. The van der Waals surface area contributed by atoms with Crippen LogP contribution < -0.4 is 5.32 Å². The second-order valence-electron chi connectivity index (χ2n) is 5.42. The molecule has 114 valence electrons. The molecule has 1 aromatic rings. The van der Waals surface area contributed by atoms with Crippen molar-refractivity contribution in [2.24, 2.45) is 0 Å². The quantitative estimate of drug-likeness (QED) is 0.432. The Bertz CT molecular complexity index is 379. The van der Waals surface area contributed by atoms with Crippen LogP contribution in [-0.4, -0.2) is 7.05 Å². The van der Waals surface area contributed by atoms with Crippen LogP contribution in [0.15, 0.2) is 27.1 Å². The minimum atomic E-state index is 0.452. The van der Waals surface area contributed by atoms with Crippen LogP contribution >= 0.6 is 31.9 Å². The summed E-state index contributed by atoms with van der Waals surface area (Å²) < 4.78 is 2.31. The van der Waals surface area contributed by atoms with E-state index in [0.717, 1.165) is 4.47 Å². The van der Waals surface area contributed by atoms with Gasteiger partial charge in [-0.1, -0.05) is 89.8 Å². The molecule has 3 heteroatoms. The monoisotopic (exact) mass is 403 g/mol. The van der Waals surface area contributed by atoms with Crippen molar-refractivity contribution in [3.63, 3.8) is 0 Å². The Kier molecular flexibility index (Phi) is 9.83. The molecule has 20 heavy (non-hydrogen) atoms. The molecule has 0 saturated carbocycles. The molecular formula is C17H27Br2N. The van der Waals surface area contributed by atoms with E-state index in [9.17, 15) is 0 Å². The summed E-state index contributed by atoms with van der Waals surface area (Å²) in [5, 5.41) is 3.44. The third kappa shape index (κ3) is 6.73. The second kappa shape index (κ2) is 10.8. The lowest BCUT2D eigenvalue weighted by Crippen LogP contribution is -2.16. The summed E-state index contributed by atoms with van der Waals surface area (Å²) in [6, 6.07) is 6.91. The van der Waals surface area contributed by atoms with Crippen molar-refractivity contribution in [3.05, 3.63) is 32.7 Å². The molecule has 0 amide bonds. The van der Waals surface area contributed by atoms with Gasteiger partial charge in [0.2, 0.25) is 0 Å². The molecule has 1 aromatic carbocycles. The first kappa shape index (κ1) is 18.2. The molecule has 0 aromatic heterocycles. The topological polar surface area (TPSA) is 12.0 Å². The van der Waals surface area contributed by atoms with E-state index in [1.165, 1.54) is 61.4 Å². The largest absolute Gasteiger partial charge is 0.313 e. The third-order valence-corrected chi connectivity index (χ3v) is 4.96. The minimum Gasteiger partial charge on any atom is -0.313 e. The van der Waals surface area contributed by atoms with Gasteiger partial charge in [0.15, 0.2) is 0 Å². The number of halogens is 2. The van der Waals surface area contributed by atoms with Crippen LogP contribution in [0, 0.1) is 0 Å². The molecule has 0 spiro atoms. The van der Waals surface area contributed by atoms with Gasteiger partial charge in [0.1, 0.15) is 0 Å². The number of rotatable bonds is 10. The summed E-state index contributed by atoms with van der Waals surface area (Å²) in [7, 11) is 2.06. The van der Waals surface area contributed by atoms with Gasteiger partial charge in [-0.3, -0.25) is 0 Å². The average Bonchev–Trinajstić information content (AvgIpc) is 2.43. The van der Waals surface area contributed by atoms with Gasteiger partial charge in [-0.2, -0.15) is 0 Å². The van der Waals surface area contributed by atoms with Crippen LogP contribution in [-0.2, 0) is 0 Å². The van der Waals surface area contributed by atoms with Crippen LogP contribution in [0.25, 0.3) is 0 Å². The van der Waals surface area contributed by atoms with Gasteiger partial charge in [-0.05, 0) is 31.2 Å². The number of unbranched alkanes of at least 4 members (excludes halogenated alkanes) is 6. The predicted octanol–water partition coefficient (Wildman–Crippen LogP) is 6.61. The van der Waals surface area contributed by atoms with Gasteiger partial charge in [0.05, 0.1) is 0 Å². The fourth-order valence-electron chi connectivity index (χ4n) is 2.55. The van der Waals surface area contributed by atoms with Gasteiger partial charge in [0, 0.05) is 15.0 Å². The van der Waals surface area contributed by atoms with E-state index in [0.29, 0.717) is 6.04 Å². The Morgan fingerprint density at radius 3 is 2.25 bits per heavy atom. The van der Waals surface area contributed by atoms with Crippen molar-refractivity contribution in [1.29, 1.82) is 0 Å². The highest BCUT2D eigenvalue weighted by molar-refractivity contribution is 9.11. The molecule has 0 radical (unpaired) electrons. The zero-order chi connectivity index (χ0) is 14.8. The third-order valence-electron chi connectivity index (χ3n) is 3.78. The van der Waals surface area contributed by atoms with E-state index in [4.69, 9.17) is 0 Å². The van der Waals surface area contributed by atoms with Crippen molar-refractivity contribution in [2.45, 2.75) is 64.3 Å². The number of hydrogen-bond acceptors (Lipinski definition) is 1. The first-order valence-electron chi connectivity index (χ1n) is 7.81. The first-order chi connectivity index (χ1) is 9.69. The molecule has 1 rings (SSSR count). The summed E-state index contributed by atoms with van der Waals surface area (Å²) in [6.07, 6.45) is 10.8. The Morgan fingerprint density at radius 2 is 1.65 bits per heavy atom. The van der Waals surface area contributed by atoms with Gasteiger partial charge in [0.25, 0.3) is 0 Å². The summed E-state index contributed by atoms with van der Waals surface area (Å²) in [4.78, 5) is 0. The molecule has 0 aliphatic carbocycles. The lowest BCUT2D eigenvalue weighted by Gasteiger charge is -2.18. The molecule has 0 heterocycles. The van der Waals surface area contributed by atoms with Crippen molar-refractivity contribution in [2.75, 3.05) is 7.05 Å². The molecule has 1 nitrogen and oxygen atoms in total. The van der Waals surface area contributed by atoms with Gasteiger partial charge < -0.3 is 5.32 Å². The second-order valence-corrected chi connectivity index (χ2v) is 7.19. The summed E-state index contributed by atoms with van der Waals surface area (Å²) in [5.74, 6) is 0. The average molecular weight is 405 g/mol. The van der Waals surface area contributed by atoms with Crippen molar-refractivity contribution < 1.29 is 0 Å². The summed E-state index contributed by atoms with van der Waals surface area (Å²) >= 11 is 7.18. The molecule has 1 N–H and O–H groups in total. The Hall–Kier alpha value is 0.140. The van der Waals surface area contributed by atoms with Gasteiger partial charge >= 0.3 is 0 Å². The standard InChI is InChI=1S/C17H27Br2N/c1-3-4-5-6-7-8-9-10-17(20-2)15-12-11-14(18)13-16(15)19/h11-13,17,20H,3-10H2,1-2H3. The summed E-state index contributed by atoms with van der Waals surface area (Å²) in [6.45, 7) is 2.27. The molecule has 0 saturated heterocycles. The van der Waals surface area contributed by atoms with Crippen LogP contribution in [0.4, 0.5) is 0 Å². The number of benzene rings is 1. The molecule has 0 fully saturated rings. The van der Waals surface area contributed by atoms with E-state index in [2.05, 4.69) is 69.3 Å². The summed E-state index contributed by atoms with van der Waals surface area (Å²) in [5.41, 5.74) is 1.36. The van der Waals surface area contributed by atoms with E-state index in [1.807, 2.05) is 0 Å². The zero-order valence-electron chi connectivity index (χ0n) is 12.7. The molecular weight excluding hydrogens is 378 g/mol. The normalized spacial score (nSPS) is 12.6. The van der Waals surface area contributed by atoms with E-state index < -0.39 is 0 Å². The SMILES string of the molecule is CCCCCCCCCC(NC)c1ccc(Br)cc1Br.